The lowest BCUT2D eigenvalue weighted by molar-refractivity contribution is 0.372. The van der Waals surface area contributed by atoms with Gasteiger partial charge in [-0.05, 0) is 59.0 Å². The zero-order valence-electron chi connectivity index (χ0n) is 21.6. The number of likely N-dealkylation sites (N-methyl/N-ethyl adjacent to an activating group) is 1. The fraction of sp³-hybridized carbons (Fsp3) is 0.462. The van der Waals surface area contributed by atoms with Crippen LogP contribution >= 0.6 is 11.6 Å². The molecule has 5 rings (SSSR count). The standard InChI is InChI=1S/C26H32ClFN8O/c1-16(2)36-22-23(32-26(36)37)29-15-30-25(22)34-9-7-17(8-10-34)24-31-21(14-35(24)12-11-33(3)4)18-5-6-20(28)19(27)13-18/h5-6,13-17H,7-12H2,1-4H3,(H,29,30,32,37). The van der Waals surface area contributed by atoms with E-state index in [1.807, 2.05) is 20.0 Å². The van der Waals surface area contributed by atoms with E-state index in [4.69, 9.17) is 16.6 Å². The molecular weight excluding hydrogens is 495 g/mol. The predicted molar refractivity (Wildman–Crippen MR) is 144 cm³/mol. The van der Waals surface area contributed by atoms with E-state index in [0.29, 0.717) is 5.65 Å². The third-order valence-corrected chi connectivity index (χ3v) is 7.26. The zero-order valence-corrected chi connectivity index (χ0v) is 22.3. The Labute approximate surface area is 219 Å². The second kappa shape index (κ2) is 10.3. The Hall–Kier alpha value is -3.24. The first kappa shape index (κ1) is 25.4. The summed E-state index contributed by atoms with van der Waals surface area (Å²) in [5, 5.41) is 0.0935. The number of nitrogens with zero attached hydrogens (tertiary/aromatic N) is 7. The fourth-order valence-corrected chi connectivity index (χ4v) is 5.24. The van der Waals surface area contributed by atoms with Gasteiger partial charge in [-0.1, -0.05) is 11.6 Å². The largest absolute Gasteiger partial charge is 0.355 e. The molecular formula is C26H32ClFN8O. The van der Waals surface area contributed by atoms with Crippen LogP contribution in [0.4, 0.5) is 10.2 Å². The average molecular weight is 527 g/mol. The first-order valence-corrected chi connectivity index (χ1v) is 13.0. The number of aromatic nitrogens is 6. The van der Waals surface area contributed by atoms with Crippen LogP contribution in [-0.2, 0) is 6.54 Å². The molecule has 0 atom stereocenters. The molecule has 4 aromatic rings. The third-order valence-electron chi connectivity index (χ3n) is 6.97. The maximum absolute atomic E-state index is 13.7. The quantitative estimate of drug-likeness (QED) is 0.386. The summed E-state index contributed by atoms with van der Waals surface area (Å²) in [4.78, 5) is 33.6. The number of H-pyrrole nitrogens is 1. The lowest BCUT2D eigenvalue weighted by Crippen LogP contribution is -2.35. The van der Waals surface area contributed by atoms with Gasteiger partial charge in [-0.2, -0.15) is 0 Å². The highest BCUT2D eigenvalue weighted by atomic mass is 35.5. The molecule has 11 heteroatoms. The van der Waals surface area contributed by atoms with Crippen LogP contribution in [0.3, 0.4) is 0 Å². The van der Waals surface area contributed by atoms with Gasteiger partial charge in [0.1, 0.15) is 23.5 Å². The number of hydrogen-bond acceptors (Lipinski definition) is 6. The van der Waals surface area contributed by atoms with E-state index < -0.39 is 5.82 Å². The van der Waals surface area contributed by atoms with Gasteiger partial charge >= 0.3 is 5.69 Å². The third kappa shape index (κ3) is 5.00. The van der Waals surface area contributed by atoms with Gasteiger partial charge in [0.25, 0.3) is 0 Å². The molecule has 0 amide bonds. The lowest BCUT2D eigenvalue weighted by atomic mass is 9.95. The zero-order chi connectivity index (χ0) is 26.3. The van der Waals surface area contributed by atoms with Gasteiger partial charge in [0.15, 0.2) is 11.5 Å². The number of halogens is 2. The number of rotatable bonds is 7. The molecule has 0 radical (unpaired) electrons. The van der Waals surface area contributed by atoms with Gasteiger partial charge in [-0.3, -0.25) is 9.55 Å². The molecule has 1 N–H and O–H groups in total. The summed E-state index contributed by atoms with van der Waals surface area (Å²) in [6, 6.07) is 4.73. The SMILES string of the molecule is CC(C)n1c(=O)[nH]c2ncnc(N3CCC(c4nc(-c5ccc(F)c(Cl)c5)cn4CCN(C)C)CC3)c21. The molecule has 1 fully saturated rings. The topological polar surface area (TPSA) is 87.9 Å². The van der Waals surface area contributed by atoms with E-state index in [9.17, 15) is 9.18 Å². The molecule has 1 saturated heterocycles. The maximum Gasteiger partial charge on any atom is 0.328 e. The number of fused-ring (bicyclic) bond motifs is 1. The van der Waals surface area contributed by atoms with Crippen LogP contribution in [0, 0.1) is 5.82 Å². The average Bonchev–Trinajstić information content (AvgIpc) is 3.45. The van der Waals surface area contributed by atoms with E-state index in [1.54, 1.807) is 16.7 Å². The number of nitrogens with one attached hydrogen (secondary N) is 1. The Morgan fingerprint density at radius 1 is 1.22 bits per heavy atom. The molecule has 4 heterocycles. The molecule has 1 aliphatic rings. The van der Waals surface area contributed by atoms with Crippen molar-refractivity contribution in [2.24, 2.45) is 0 Å². The molecule has 196 valence electrons. The molecule has 0 aliphatic carbocycles. The minimum Gasteiger partial charge on any atom is -0.355 e. The van der Waals surface area contributed by atoms with Crippen molar-refractivity contribution in [2.45, 2.75) is 45.2 Å². The van der Waals surface area contributed by atoms with Crippen molar-refractivity contribution in [2.75, 3.05) is 38.6 Å². The van der Waals surface area contributed by atoms with E-state index >= 15 is 0 Å². The fourth-order valence-electron chi connectivity index (χ4n) is 5.06. The summed E-state index contributed by atoms with van der Waals surface area (Å²) >= 11 is 6.05. The highest BCUT2D eigenvalue weighted by Crippen LogP contribution is 2.34. The Kier molecular flexibility index (Phi) is 7.04. The van der Waals surface area contributed by atoms with E-state index in [1.165, 1.54) is 12.4 Å². The molecule has 9 nitrogen and oxygen atoms in total. The maximum atomic E-state index is 13.7. The van der Waals surface area contributed by atoms with E-state index in [-0.39, 0.29) is 22.7 Å². The van der Waals surface area contributed by atoms with Crippen molar-refractivity contribution in [1.82, 2.24) is 34.0 Å². The molecule has 0 unspecified atom stereocenters. The summed E-state index contributed by atoms with van der Waals surface area (Å²) < 4.78 is 17.7. The predicted octanol–water partition coefficient (Wildman–Crippen LogP) is 4.30. The number of aromatic amines is 1. The summed E-state index contributed by atoms with van der Waals surface area (Å²) in [7, 11) is 4.10. The van der Waals surface area contributed by atoms with Crippen LogP contribution in [-0.4, -0.2) is 67.7 Å². The number of hydrogen-bond donors (Lipinski definition) is 1. The summed E-state index contributed by atoms with van der Waals surface area (Å²) in [5.74, 6) is 1.65. The Balaban J connectivity index is 1.42. The normalized spacial score (nSPS) is 15.0. The smallest absolute Gasteiger partial charge is 0.328 e. The monoisotopic (exact) mass is 526 g/mol. The van der Waals surface area contributed by atoms with Crippen molar-refractivity contribution in [1.29, 1.82) is 0 Å². The highest BCUT2D eigenvalue weighted by molar-refractivity contribution is 6.31. The molecule has 0 spiro atoms. The Bertz CT molecular complexity index is 1470. The molecule has 3 aromatic heterocycles. The number of anilines is 1. The van der Waals surface area contributed by atoms with Crippen LogP contribution in [0.5, 0.6) is 0 Å². The lowest BCUT2D eigenvalue weighted by Gasteiger charge is -2.33. The van der Waals surface area contributed by atoms with Crippen LogP contribution < -0.4 is 10.6 Å². The molecule has 1 aliphatic heterocycles. The first-order valence-electron chi connectivity index (χ1n) is 12.6. The Morgan fingerprint density at radius 2 is 1.97 bits per heavy atom. The van der Waals surface area contributed by atoms with E-state index in [2.05, 4.69) is 43.4 Å². The number of benzene rings is 1. The van der Waals surface area contributed by atoms with Crippen molar-refractivity contribution < 1.29 is 4.39 Å². The second-order valence-corrected chi connectivity index (χ2v) is 10.6. The Morgan fingerprint density at radius 3 is 2.65 bits per heavy atom. The van der Waals surface area contributed by atoms with Crippen LogP contribution in [0.15, 0.2) is 35.5 Å². The summed E-state index contributed by atoms with van der Waals surface area (Å²) in [6.45, 7) is 7.22. The molecule has 0 bridgehead atoms. The van der Waals surface area contributed by atoms with Crippen molar-refractivity contribution in [3.05, 3.63) is 57.9 Å². The molecule has 0 saturated carbocycles. The second-order valence-electron chi connectivity index (χ2n) is 10.2. The van der Waals surface area contributed by atoms with Gasteiger partial charge in [0.2, 0.25) is 0 Å². The first-order chi connectivity index (χ1) is 17.7. The summed E-state index contributed by atoms with van der Waals surface area (Å²) in [6.07, 6.45) is 5.34. The van der Waals surface area contributed by atoms with Crippen LogP contribution in [0.2, 0.25) is 5.02 Å². The van der Waals surface area contributed by atoms with Crippen molar-refractivity contribution in [3.63, 3.8) is 0 Å². The minimum absolute atomic E-state index is 0.00824. The van der Waals surface area contributed by atoms with Crippen LogP contribution in [0.25, 0.3) is 22.4 Å². The minimum atomic E-state index is -0.436. The van der Waals surface area contributed by atoms with Crippen molar-refractivity contribution in [3.8, 4) is 11.3 Å². The van der Waals surface area contributed by atoms with Gasteiger partial charge in [-0.15, -0.1) is 0 Å². The van der Waals surface area contributed by atoms with Gasteiger partial charge in [0.05, 0.1) is 10.7 Å². The van der Waals surface area contributed by atoms with Crippen LogP contribution in [0.1, 0.15) is 44.5 Å². The summed E-state index contributed by atoms with van der Waals surface area (Å²) in [5.41, 5.74) is 2.74. The van der Waals surface area contributed by atoms with Gasteiger partial charge < -0.3 is 14.4 Å². The molecule has 1 aromatic carbocycles. The van der Waals surface area contributed by atoms with Gasteiger partial charge in [0, 0.05) is 49.9 Å². The molecule has 37 heavy (non-hydrogen) atoms. The van der Waals surface area contributed by atoms with Gasteiger partial charge in [-0.25, -0.2) is 24.1 Å². The number of piperidine rings is 1. The number of imidazole rings is 2. The van der Waals surface area contributed by atoms with E-state index in [0.717, 1.165) is 67.4 Å². The highest BCUT2D eigenvalue weighted by Gasteiger charge is 2.28. The van der Waals surface area contributed by atoms with Crippen molar-refractivity contribution >= 4 is 28.6 Å².